The molecule has 0 aliphatic heterocycles. The van der Waals surface area contributed by atoms with E-state index in [1.165, 1.54) is 35.6 Å². The van der Waals surface area contributed by atoms with Gasteiger partial charge in [-0.05, 0) is 73.1 Å². The molecule has 0 unspecified atom stereocenters. The summed E-state index contributed by atoms with van der Waals surface area (Å²) in [7, 11) is -2.29. The number of rotatable bonds is 11. The number of nitrogens with two attached hydrogens (primary N) is 1. The number of pyridine rings is 1. The van der Waals surface area contributed by atoms with Gasteiger partial charge in [-0.1, -0.05) is 12.1 Å². The third kappa shape index (κ3) is 6.07. The van der Waals surface area contributed by atoms with E-state index in [9.17, 15) is 17.6 Å². The van der Waals surface area contributed by atoms with Gasteiger partial charge in [-0.15, -0.1) is 0 Å². The third-order valence-corrected chi connectivity index (χ3v) is 8.66. The fraction of sp³-hybridized carbons (Fsp3) is 0.182. The number of oxazole rings is 1. The Morgan fingerprint density at radius 2 is 1.76 bits per heavy atom. The SMILES string of the molecule is CNC(=O)c1c(-c2ccc(F)cc2)oc2cc(N(CCCNCN)S(C)(=O)=O)c(-c3cccc(-c4nc5ncccc5o4)c3)cc12. The molecule has 6 rings (SSSR count). The van der Waals surface area contributed by atoms with Gasteiger partial charge in [0.05, 0.1) is 17.5 Å². The molecule has 6 aromatic rings. The molecule has 3 aromatic carbocycles. The molecule has 3 heterocycles. The van der Waals surface area contributed by atoms with Gasteiger partial charge in [0.2, 0.25) is 15.9 Å². The Kier molecular flexibility index (Phi) is 8.54. The van der Waals surface area contributed by atoms with Crippen molar-refractivity contribution in [1.29, 1.82) is 0 Å². The van der Waals surface area contributed by atoms with Crippen LogP contribution in [0.15, 0.2) is 87.8 Å². The van der Waals surface area contributed by atoms with Crippen molar-refractivity contribution in [3.05, 3.63) is 90.4 Å². The molecule has 4 N–H and O–H groups in total. The molecule has 1 amide bonds. The number of hydrogen-bond donors (Lipinski definition) is 3. The number of nitrogens with zero attached hydrogens (tertiary/aromatic N) is 3. The zero-order valence-electron chi connectivity index (χ0n) is 25.1. The molecule has 0 radical (unpaired) electrons. The summed E-state index contributed by atoms with van der Waals surface area (Å²) in [5, 5.41) is 6.13. The number of furan rings is 1. The number of hydrogen-bond acceptors (Lipinski definition) is 9. The molecule has 0 bridgehead atoms. The molecule has 236 valence electrons. The van der Waals surface area contributed by atoms with E-state index in [1.54, 1.807) is 30.5 Å². The van der Waals surface area contributed by atoms with E-state index >= 15 is 0 Å². The van der Waals surface area contributed by atoms with E-state index in [0.29, 0.717) is 63.4 Å². The number of amides is 1. The van der Waals surface area contributed by atoms with E-state index in [1.807, 2.05) is 24.3 Å². The summed E-state index contributed by atoms with van der Waals surface area (Å²) in [5.74, 6) is -0.284. The highest BCUT2D eigenvalue weighted by Crippen LogP contribution is 2.42. The number of fused-ring (bicyclic) bond motifs is 2. The van der Waals surface area contributed by atoms with Crippen LogP contribution in [-0.2, 0) is 10.0 Å². The zero-order chi connectivity index (χ0) is 32.4. The lowest BCUT2D eigenvalue weighted by Gasteiger charge is -2.25. The largest absolute Gasteiger partial charge is 0.455 e. The van der Waals surface area contributed by atoms with Crippen molar-refractivity contribution in [1.82, 2.24) is 20.6 Å². The summed E-state index contributed by atoms with van der Waals surface area (Å²) in [5.41, 5.74) is 9.73. The third-order valence-electron chi connectivity index (χ3n) is 7.48. The Balaban J connectivity index is 1.59. The fourth-order valence-corrected chi connectivity index (χ4v) is 6.32. The predicted octanol–water partition coefficient (Wildman–Crippen LogP) is 5.13. The summed E-state index contributed by atoms with van der Waals surface area (Å²) in [6.07, 6.45) is 3.24. The molecule has 0 aliphatic rings. The van der Waals surface area contributed by atoms with Gasteiger partial charge in [-0.25, -0.2) is 17.8 Å². The summed E-state index contributed by atoms with van der Waals surface area (Å²) >= 11 is 0. The summed E-state index contributed by atoms with van der Waals surface area (Å²) in [6, 6.07) is 19.8. The first-order valence-corrected chi connectivity index (χ1v) is 16.3. The van der Waals surface area contributed by atoms with Gasteiger partial charge in [-0.3, -0.25) is 9.10 Å². The Bertz CT molecular complexity index is 2130. The number of aromatic nitrogens is 2. The van der Waals surface area contributed by atoms with Crippen LogP contribution < -0.4 is 20.7 Å². The van der Waals surface area contributed by atoms with E-state index in [2.05, 4.69) is 20.6 Å². The van der Waals surface area contributed by atoms with E-state index in [-0.39, 0.29) is 30.1 Å². The lowest BCUT2D eigenvalue weighted by Crippen LogP contribution is -2.33. The van der Waals surface area contributed by atoms with Gasteiger partial charge >= 0.3 is 0 Å². The molecule has 13 heteroatoms. The second kappa shape index (κ2) is 12.7. The van der Waals surface area contributed by atoms with Crippen LogP contribution in [0.2, 0.25) is 0 Å². The number of carbonyl (C=O) groups is 1. The average molecular weight is 643 g/mol. The average Bonchev–Trinajstić information content (AvgIpc) is 3.65. The van der Waals surface area contributed by atoms with Crippen molar-refractivity contribution in [2.45, 2.75) is 6.42 Å². The van der Waals surface area contributed by atoms with Gasteiger partial charge in [0.25, 0.3) is 5.91 Å². The standard InChI is InChI=1S/C33H31FN6O5S/c1-36-32(41)29-25-17-24(21-6-3-7-22(16-21)33-39-31-27(45-33)8-4-14-38-31)26(40(46(2,42)43)15-5-13-37-19-35)18-28(25)44-30(29)20-9-11-23(34)12-10-20/h3-4,6-12,14,16-18,37H,5,13,15,19,35H2,1-2H3,(H,36,41). The van der Waals surface area contributed by atoms with Crippen LogP contribution >= 0.6 is 0 Å². The number of nitrogens with one attached hydrogen (secondary N) is 2. The number of sulfonamides is 1. The fourth-order valence-electron chi connectivity index (χ4n) is 5.35. The van der Waals surface area contributed by atoms with Crippen molar-refractivity contribution in [3.8, 4) is 33.9 Å². The highest BCUT2D eigenvalue weighted by atomic mass is 32.2. The normalized spacial score (nSPS) is 11.7. The Labute approximate surface area is 264 Å². The van der Waals surface area contributed by atoms with Crippen molar-refractivity contribution < 1.29 is 26.4 Å². The Hall–Kier alpha value is -5.11. The first kappa shape index (κ1) is 30.9. The minimum atomic E-state index is -3.79. The van der Waals surface area contributed by atoms with Crippen LogP contribution in [0.25, 0.3) is 56.1 Å². The second-order valence-corrected chi connectivity index (χ2v) is 12.5. The predicted molar refractivity (Wildman–Crippen MR) is 175 cm³/mol. The van der Waals surface area contributed by atoms with Gasteiger partial charge < -0.3 is 25.2 Å². The van der Waals surface area contributed by atoms with Crippen LogP contribution in [0.4, 0.5) is 10.1 Å². The maximum absolute atomic E-state index is 13.8. The van der Waals surface area contributed by atoms with Crippen LogP contribution in [-0.4, -0.2) is 57.4 Å². The van der Waals surface area contributed by atoms with Crippen molar-refractivity contribution in [2.75, 3.05) is 37.4 Å². The molecule has 0 aliphatic carbocycles. The van der Waals surface area contributed by atoms with Gasteiger partial charge in [0, 0.05) is 54.6 Å². The molecular formula is C33H31FN6O5S. The minimum Gasteiger partial charge on any atom is -0.455 e. The summed E-state index contributed by atoms with van der Waals surface area (Å²) < 4.78 is 53.9. The number of anilines is 1. The van der Waals surface area contributed by atoms with E-state index < -0.39 is 21.7 Å². The molecule has 0 spiro atoms. The highest BCUT2D eigenvalue weighted by Gasteiger charge is 2.27. The molecular weight excluding hydrogens is 611 g/mol. The topological polar surface area (TPSA) is 157 Å². The van der Waals surface area contributed by atoms with Crippen LogP contribution in [0, 0.1) is 5.82 Å². The maximum atomic E-state index is 13.8. The van der Waals surface area contributed by atoms with Crippen molar-refractivity contribution in [3.63, 3.8) is 0 Å². The molecule has 0 saturated carbocycles. The first-order valence-electron chi connectivity index (χ1n) is 14.5. The quantitative estimate of drug-likeness (QED) is 0.129. The Morgan fingerprint density at radius 3 is 2.48 bits per heavy atom. The maximum Gasteiger partial charge on any atom is 0.255 e. The van der Waals surface area contributed by atoms with Gasteiger partial charge in [0.15, 0.2) is 11.2 Å². The van der Waals surface area contributed by atoms with Gasteiger partial charge in [-0.2, -0.15) is 4.98 Å². The van der Waals surface area contributed by atoms with Crippen LogP contribution in [0.1, 0.15) is 16.8 Å². The van der Waals surface area contributed by atoms with Gasteiger partial charge in [0.1, 0.15) is 17.2 Å². The molecule has 46 heavy (non-hydrogen) atoms. The lowest BCUT2D eigenvalue weighted by molar-refractivity contribution is 0.0964. The summed E-state index contributed by atoms with van der Waals surface area (Å²) in [6.45, 7) is 0.904. The summed E-state index contributed by atoms with van der Waals surface area (Å²) in [4.78, 5) is 22.1. The molecule has 0 saturated heterocycles. The zero-order valence-corrected chi connectivity index (χ0v) is 25.9. The lowest BCUT2D eigenvalue weighted by atomic mass is 9.97. The first-order chi connectivity index (χ1) is 22.2. The smallest absolute Gasteiger partial charge is 0.255 e. The second-order valence-electron chi connectivity index (χ2n) is 10.6. The Morgan fingerprint density at radius 1 is 0.978 bits per heavy atom. The minimum absolute atomic E-state index is 0.147. The number of halogens is 1. The molecule has 3 aromatic heterocycles. The molecule has 0 atom stereocenters. The highest BCUT2D eigenvalue weighted by molar-refractivity contribution is 7.92. The molecule has 11 nitrogen and oxygen atoms in total. The van der Waals surface area contributed by atoms with E-state index in [0.717, 1.165) is 6.26 Å². The van der Waals surface area contributed by atoms with Crippen LogP contribution in [0.5, 0.6) is 0 Å². The van der Waals surface area contributed by atoms with Crippen molar-refractivity contribution >= 4 is 43.8 Å². The van der Waals surface area contributed by atoms with Crippen LogP contribution in [0.3, 0.4) is 0 Å². The van der Waals surface area contributed by atoms with Crippen molar-refractivity contribution in [2.24, 2.45) is 5.73 Å². The molecule has 0 fully saturated rings. The van der Waals surface area contributed by atoms with E-state index in [4.69, 9.17) is 14.6 Å². The number of carbonyl (C=O) groups excluding carboxylic acids is 1. The monoisotopic (exact) mass is 642 g/mol. The number of benzene rings is 3.